The normalized spacial score (nSPS) is 11.6. The number of benzene rings is 2. The number of rotatable bonds is 9. The molecule has 1 amide bonds. The van der Waals surface area contributed by atoms with E-state index in [0.717, 1.165) is 41.9 Å². The molecule has 7 heteroatoms. The van der Waals surface area contributed by atoms with Crippen molar-refractivity contribution in [2.24, 2.45) is 0 Å². The van der Waals surface area contributed by atoms with Gasteiger partial charge in [-0.15, -0.1) is 0 Å². The van der Waals surface area contributed by atoms with Gasteiger partial charge in [0.1, 0.15) is 5.82 Å². The summed E-state index contributed by atoms with van der Waals surface area (Å²) in [7, 11) is 4.15. The van der Waals surface area contributed by atoms with Gasteiger partial charge in [-0.05, 0) is 63.0 Å². The lowest BCUT2D eigenvalue weighted by molar-refractivity contribution is -0.116. The van der Waals surface area contributed by atoms with Gasteiger partial charge in [0.2, 0.25) is 5.91 Å². The second-order valence-electron chi connectivity index (χ2n) is 7.37. The molecule has 3 aromatic rings. The number of aromatic nitrogens is 2. The van der Waals surface area contributed by atoms with Gasteiger partial charge in [-0.25, -0.2) is 4.98 Å². The Morgan fingerprint density at radius 3 is 2.77 bits per heavy atom. The first-order valence-electron chi connectivity index (χ1n) is 9.94. The van der Waals surface area contributed by atoms with Crippen molar-refractivity contribution < 1.29 is 4.79 Å². The SMILES string of the molecule is CN(C)CCCn1c(CCNC(=O)/C=C/c2ccc(Cl)cc2Cl)nc2ccccc21. The fourth-order valence-electron chi connectivity index (χ4n) is 3.27. The summed E-state index contributed by atoms with van der Waals surface area (Å²) in [6.07, 6.45) is 4.87. The topological polar surface area (TPSA) is 50.2 Å². The van der Waals surface area contributed by atoms with Gasteiger partial charge in [-0.1, -0.05) is 41.4 Å². The zero-order chi connectivity index (χ0) is 21.5. The number of halogens is 2. The number of fused-ring (bicyclic) bond motifs is 1. The molecular weight excluding hydrogens is 419 g/mol. The molecule has 0 radical (unpaired) electrons. The first-order chi connectivity index (χ1) is 14.4. The molecule has 0 aliphatic carbocycles. The van der Waals surface area contributed by atoms with Gasteiger partial charge in [0.05, 0.1) is 11.0 Å². The predicted octanol–water partition coefficient (Wildman–Crippen LogP) is 4.67. The Hall–Kier alpha value is -2.34. The Morgan fingerprint density at radius 2 is 2.00 bits per heavy atom. The summed E-state index contributed by atoms with van der Waals surface area (Å²) in [5, 5.41) is 4.00. The minimum absolute atomic E-state index is 0.170. The molecule has 1 heterocycles. The van der Waals surface area contributed by atoms with E-state index >= 15 is 0 Å². The van der Waals surface area contributed by atoms with E-state index in [1.807, 2.05) is 18.2 Å². The lowest BCUT2D eigenvalue weighted by Crippen LogP contribution is -2.24. The Labute approximate surface area is 187 Å². The number of amides is 1. The van der Waals surface area contributed by atoms with Gasteiger partial charge in [-0.3, -0.25) is 4.79 Å². The number of aryl methyl sites for hydroxylation is 1. The Bertz CT molecular complexity index is 1040. The monoisotopic (exact) mass is 444 g/mol. The number of hydrogen-bond donors (Lipinski definition) is 1. The quantitative estimate of drug-likeness (QED) is 0.487. The van der Waals surface area contributed by atoms with E-state index in [4.69, 9.17) is 28.2 Å². The van der Waals surface area contributed by atoms with Crippen molar-refractivity contribution in [2.75, 3.05) is 27.2 Å². The molecule has 5 nitrogen and oxygen atoms in total. The van der Waals surface area contributed by atoms with E-state index < -0.39 is 0 Å². The highest BCUT2D eigenvalue weighted by molar-refractivity contribution is 6.35. The van der Waals surface area contributed by atoms with Crippen LogP contribution in [0.25, 0.3) is 17.1 Å². The zero-order valence-electron chi connectivity index (χ0n) is 17.2. The molecule has 0 atom stereocenters. The van der Waals surface area contributed by atoms with Crippen LogP contribution in [0.3, 0.4) is 0 Å². The highest BCUT2D eigenvalue weighted by Gasteiger charge is 2.10. The van der Waals surface area contributed by atoms with Crippen molar-refractivity contribution in [3.05, 3.63) is 70.0 Å². The smallest absolute Gasteiger partial charge is 0.244 e. The van der Waals surface area contributed by atoms with Gasteiger partial charge in [0.25, 0.3) is 0 Å². The number of nitrogens with zero attached hydrogens (tertiary/aromatic N) is 3. The van der Waals surface area contributed by atoms with Crippen LogP contribution in [0.1, 0.15) is 17.8 Å². The first kappa shape index (κ1) is 22.3. The van der Waals surface area contributed by atoms with E-state index in [-0.39, 0.29) is 5.91 Å². The molecule has 2 aromatic carbocycles. The second-order valence-corrected chi connectivity index (χ2v) is 8.21. The third-order valence-corrected chi connectivity index (χ3v) is 5.31. The fraction of sp³-hybridized carbons (Fsp3) is 0.304. The number of nitrogens with one attached hydrogen (secondary N) is 1. The number of carbonyl (C=O) groups excluding carboxylic acids is 1. The minimum Gasteiger partial charge on any atom is -0.352 e. The van der Waals surface area contributed by atoms with Crippen LogP contribution in [-0.2, 0) is 17.8 Å². The second kappa shape index (κ2) is 10.6. The molecule has 0 saturated carbocycles. The molecule has 0 aliphatic heterocycles. The van der Waals surface area contributed by atoms with Crippen LogP contribution in [0.2, 0.25) is 10.0 Å². The molecule has 0 spiro atoms. The first-order valence-corrected chi connectivity index (χ1v) is 10.7. The van der Waals surface area contributed by atoms with Crippen LogP contribution < -0.4 is 5.32 Å². The molecule has 30 heavy (non-hydrogen) atoms. The maximum Gasteiger partial charge on any atom is 0.244 e. The number of carbonyl (C=O) groups is 1. The van der Waals surface area contributed by atoms with Crippen LogP contribution in [-0.4, -0.2) is 47.5 Å². The lowest BCUT2D eigenvalue weighted by atomic mass is 10.2. The van der Waals surface area contributed by atoms with Gasteiger partial charge in [-0.2, -0.15) is 0 Å². The summed E-state index contributed by atoms with van der Waals surface area (Å²) in [4.78, 5) is 19.1. The molecule has 0 aliphatic rings. The third kappa shape index (κ3) is 6.08. The fourth-order valence-corrected chi connectivity index (χ4v) is 3.74. The van der Waals surface area contributed by atoms with Crippen LogP contribution >= 0.6 is 23.2 Å². The average Bonchev–Trinajstić information content (AvgIpc) is 3.05. The van der Waals surface area contributed by atoms with E-state index in [1.54, 1.807) is 24.3 Å². The molecule has 0 unspecified atom stereocenters. The standard InChI is InChI=1S/C23H26Cl2N4O/c1-28(2)14-5-15-29-21-7-4-3-6-20(21)27-22(29)12-13-26-23(30)11-9-17-8-10-18(24)16-19(17)25/h3-4,6-11,16H,5,12-15H2,1-2H3,(H,26,30)/b11-9+. The largest absolute Gasteiger partial charge is 0.352 e. The highest BCUT2D eigenvalue weighted by atomic mass is 35.5. The van der Waals surface area contributed by atoms with Crippen LogP contribution in [0, 0.1) is 0 Å². The molecule has 1 N–H and O–H groups in total. The minimum atomic E-state index is -0.170. The number of para-hydroxylation sites is 2. The zero-order valence-corrected chi connectivity index (χ0v) is 18.7. The highest BCUT2D eigenvalue weighted by Crippen LogP contribution is 2.22. The predicted molar refractivity (Wildman–Crippen MR) is 125 cm³/mol. The summed E-state index contributed by atoms with van der Waals surface area (Å²) in [5.74, 6) is 0.816. The Kier molecular flexibility index (Phi) is 7.91. The van der Waals surface area contributed by atoms with Crippen molar-refractivity contribution in [1.82, 2.24) is 19.8 Å². The molecule has 0 saturated heterocycles. The maximum absolute atomic E-state index is 12.2. The summed E-state index contributed by atoms with van der Waals surface area (Å²) in [6.45, 7) is 2.42. The molecule has 0 bridgehead atoms. The maximum atomic E-state index is 12.2. The van der Waals surface area contributed by atoms with Crippen molar-refractivity contribution in [3.8, 4) is 0 Å². The molecule has 0 fully saturated rings. The van der Waals surface area contributed by atoms with Crippen molar-refractivity contribution >= 4 is 46.2 Å². The molecule has 158 valence electrons. The number of hydrogen-bond acceptors (Lipinski definition) is 3. The van der Waals surface area contributed by atoms with Gasteiger partial charge in [0.15, 0.2) is 0 Å². The van der Waals surface area contributed by atoms with E-state index in [9.17, 15) is 4.79 Å². The Balaban J connectivity index is 1.60. The summed E-state index contributed by atoms with van der Waals surface area (Å²) in [5.41, 5.74) is 2.87. The van der Waals surface area contributed by atoms with Gasteiger partial charge < -0.3 is 14.8 Å². The summed E-state index contributed by atoms with van der Waals surface area (Å²) < 4.78 is 2.26. The average molecular weight is 445 g/mol. The molecular formula is C23H26Cl2N4O. The lowest BCUT2D eigenvalue weighted by Gasteiger charge is -2.12. The summed E-state index contributed by atoms with van der Waals surface area (Å²) >= 11 is 12.0. The van der Waals surface area contributed by atoms with Crippen LogP contribution in [0.5, 0.6) is 0 Å². The van der Waals surface area contributed by atoms with Crippen molar-refractivity contribution in [1.29, 1.82) is 0 Å². The van der Waals surface area contributed by atoms with E-state index in [0.29, 0.717) is 23.0 Å². The van der Waals surface area contributed by atoms with E-state index in [1.165, 1.54) is 6.08 Å². The molecule has 1 aromatic heterocycles. The van der Waals surface area contributed by atoms with Crippen molar-refractivity contribution in [3.63, 3.8) is 0 Å². The third-order valence-electron chi connectivity index (χ3n) is 4.75. The van der Waals surface area contributed by atoms with E-state index in [2.05, 4.69) is 34.9 Å². The number of imidazole rings is 1. The van der Waals surface area contributed by atoms with Crippen LogP contribution in [0.4, 0.5) is 0 Å². The summed E-state index contributed by atoms with van der Waals surface area (Å²) in [6, 6.07) is 13.3. The van der Waals surface area contributed by atoms with Gasteiger partial charge >= 0.3 is 0 Å². The Morgan fingerprint density at radius 1 is 1.20 bits per heavy atom. The molecule has 3 rings (SSSR count). The van der Waals surface area contributed by atoms with Crippen molar-refractivity contribution in [2.45, 2.75) is 19.4 Å². The van der Waals surface area contributed by atoms with Gasteiger partial charge in [0, 0.05) is 35.6 Å². The van der Waals surface area contributed by atoms with Crippen LogP contribution in [0.15, 0.2) is 48.5 Å².